The Morgan fingerprint density at radius 2 is 1.95 bits per heavy atom. The smallest absolute Gasteiger partial charge is 0.255 e. The van der Waals surface area contributed by atoms with Crippen molar-refractivity contribution in [1.29, 1.82) is 0 Å². The lowest BCUT2D eigenvalue weighted by Gasteiger charge is -2.11. The van der Waals surface area contributed by atoms with Crippen LogP contribution in [0.3, 0.4) is 0 Å². The van der Waals surface area contributed by atoms with Crippen LogP contribution in [0.25, 0.3) is 0 Å². The monoisotopic (exact) mass is 295 g/mol. The van der Waals surface area contributed by atoms with Crippen LogP contribution in [-0.2, 0) is 9.53 Å². The van der Waals surface area contributed by atoms with Crippen LogP contribution in [0.5, 0.6) is 5.75 Å². The molecule has 0 fully saturated rings. The first-order valence-corrected chi connectivity index (χ1v) is 6.63. The number of rotatable bonds is 10. The molecule has 0 unspecified atom stereocenters. The van der Waals surface area contributed by atoms with Crippen molar-refractivity contribution in [2.24, 2.45) is 5.73 Å². The first-order valence-electron chi connectivity index (χ1n) is 6.63. The minimum Gasteiger partial charge on any atom is -0.483 e. The molecular weight excluding hydrogens is 274 g/mol. The lowest BCUT2D eigenvalue weighted by atomic mass is 10.2. The molecule has 1 rings (SSSR count). The number of para-hydroxylation sites is 1. The van der Waals surface area contributed by atoms with Gasteiger partial charge in [-0.3, -0.25) is 9.59 Å². The zero-order valence-electron chi connectivity index (χ0n) is 12.1. The summed E-state index contributed by atoms with van der Waals surface area (Å²) in [6.45, 7) is 2.21. The molecule has 2 amide bonds. The fourth-order valence-corrected chi connectivity index (χ4v) is 1.59. The molecule has 0 aliphatic rings. The summed E-state index contributed by atoms with van der Waals surface area (Å²) in [7, 11) is 1.63. The lowest BCUT2D eigenvalue weighted by Crippen LogP contribution is -2.33. The Labute approximate surface area is 123 Å². The predicted molar refractivity (Wildman–Crippen MR) is 78.2 cm³/mol. The van der Waals surface area contributed by atoms with E-state index >= 15 is 0 Å². The van der Waals surface area contributed by atoms with Crippen molar-refractivity contribution >= 4 is 11.8 Å². The molecule has 0 atom stereocenters. The van der Waals surface area contributed by atoms with E-state index in [0.717, 1.165) is 6.54 Å². The van der Waals surface area contributed by atoms with Gasteiger partial charge in [-0.25, -0.2) is 0 Å². The number of methoxy groups -OCH3 is 1. The summed E-state index contributed by atoms with van der Waals surface area (Å²) in [5.41, 5.74) is 5.39. The van der Waals surface area contributed by atoms with Crippen LogP contribution in [0.15, 0.2) is 24.3 Å². The summed E-state index contributed by atoms with van der Waals surface area (Å²) in [5, 5.41) is 5.88. The van der Waals surface area contributed by atoms with Gasteiger partial charge in [-0.05, 0) is 12.1 Å². The Balaban J connectivity index is 2.44. The maximum absolute atomic E-state index is 12.0. The van der Waals surface area contributed by atoms with Crippen LogP contribution < -0.4 is 21.1 Å². The van der Waals surface area contributed by atoms with Gasteiger partial charge in [0.05, 0.1) is 12.2 Å². The number of amides is 2. The second-order valence-corrected chi connectivity index (χ2v) is 4.25. The highest BCUT2D eigenvalue weighted by Gasteiger charge is 2.11. The number of benzene rings is 1. The fraction of sp³-hybridized carbons (Fsp3) is 0.429. The van der Waals surface area contributed by atoms with Gasteiger partial charge in [0.1, 0.15) is 5.75 Å². The molecule has 116 valence electrons. The summed E-state index contributed by atoms with van der Waals surface area (Å²) in [5.74, 6) is -0.516. The first kappa shape index (κ1) is 16.9. The van der Waals surface area contributed by atoms with Crippen molar-refractivity contribution in [2.75, 3.05) is 40.0 Å². The number of nitrogens with two attached hydrogens (primary N) is 1. The number of ether oxygens (including phenoxy) is 2. The molecule has 0 aliphatic heterocycles. The first-order chi connectivity index (χ1) is 10.1. The van der Waals surface area contributed by atoms with Crippen LogP contribution in [0.2, 0.25) is 0 Å². The van der Waals surface area contributed by atoms with Crippen molar-refractivity contribution in [3.8, 4) is 5.75 Å². The third-order valence-electron chi connectivity index (χ3n) is 2.57. The van der Waals surface area contributed by atoms with Crippen LogP contribution in [0.1, 0.15) is 10.4 Å². The molecular formula is C14H21N3O4. The molecule has 7 nitrogen and oxygen atoms in total. The zero-order chi connectivity index (χ0) is 15.5. The van der Waals surface area contributed by atoms with Gasteiger partial charge in [-0.2, -0.15) is 0 Å². The van der Waals surface area contributed by atoms with E-state index in [4.69, 9.17) is 15.2 Å². The lowest BCUT2D eigenvalue weighted by molar-refractivity contribution is -0.119. The predicted octanol–water partition coefficient (Wildman–Crippen LogP) is -0.483. The molecule has 4 N–H and O–H groups in total. The largest absolute Gasteiger partial charge is 0.483 e. The van der Waals surface area contributed by atoms with E-state index in [1.54, 1.807) is 31.4 Å². The quantitative estimate of drug-likeness (QED) is 0.506. The summed E-state index contributed by atoms with van der Waals surface area (Å²) < 4.78 is 10.1. The number of hydrogen-bond acceptors (Lipinski definition) is 5. The highest BCUT2D eigenvalue weighted by molar-refractivity contribution is 5.97. The van der Waals surface area contributed by atoms with Crippen molar-refractivity contribution in [3.05, 3.63) is 29.8 Å². The standard InChI is InChI=1S/C14H21N3O4/c1-20-9-8-16-6-7-17-14(19)11-4-2-3-5-12(11)21-10-13(15)18/h2-5,16H,6-10H2,1H3,(H2,15,18)(H,17,19). The van der Waals surface area contributed by atoms with E-state index in [2.05, 4.69) is 10.6 Å². The molecule has 0 saturated carbocycles. The van der Waals surface area contributed by atoms with Gasteiger partial charge in [0.2, 0.25) is 0 Å². The molecule has 0 aromatic heterocycles. The zero-order valence-corrected chi connectivity index (χ0v) is 12.1. The van der Waals surface area contributed by atoms with E-state index in [1.165, 1.54) is 0 Å². The number of hydrogen-bond donors (Lipinski definition) is 3. The average molecular weight is 295 g/mol. The number of carbonyl (C=O) groups is 2. The van der Waals surface area contributed by atoms with Crippen LogP contribution >= 0.6 is 0 Å². The number of primary amides is 1. The Bertz CT molecular complexity index is 465. The summed E-state index contributed by atoms with van der Waals surface area (Å²) in [4.78, 5) is 22.8. The van der Waals surface area contributed by atoms with Crippen molar-refractivity contribution in [2.45, 2.75) is 0 Å². The van der Waals surface area contributed by atoms with Gasteiger partial charge in [-0.1, -0.05) is 12.1 Å². The Kier molecular flexibility index (Phi) is 7.85. The van der Waals surface area contributed by atoms with E-state index in [9.17, 15) is 9.59 Å². The van der Waals surface area contributed by atoms with E-state index in [0.29, 0.717) is 31.0 Å². The van der Waals surface area contributed by atoms with Crippen molar-refractivity contribution < 1.29 is 19.1 Å². The van der Waals surface area contributed by atoms with Crippen LogP contribution in [0.4, 0.5) is 0 Å². The number of nitrogens with one attached hydrogen (secondary N) is 2. The Hall–Kier alpha value is -2.12. The normalized spacial score (nSPS) is 10.1. The molecule has 0 heterocycles. The second-order valence-electron chi connectivity index (χ2n) is 4.25. The molecule has 0 spiro atoms. The Morgan fingerprint density at radius 1 is 1.19 bits per heavy atom. The van der Waals surface area contributed by atoms with Gasteiger partial charge < -0.3 is 25.8 Å². The van der Waals surface area contributed by atoms with Gasteiger partial charge in [-0.15, -0.1) is 0 Å². The van der Waals surface area contributed by atoms with Crippen molar-refractivity contribution in [1.82, 2.24) is 10.6 Å². The average Bonchev–Trinajstić information content (AvgIpc) is 2.48. The molecule has 0 radical (unpaired) electrons. The minimum atomic E-state index is -0.590. The maximum atomic E-state index is 12.0. The van der Waals surface area contributed by atoms with E-state index in [-0.39, 0.29) is 12.5 Å². The van der Waals surface area contributed by atoms with Crippen LogP contribution in [0, 0.1) is 0 Å². The van der Waals surface area contributed by atoms with Gasteiger partial charge >= 0.3 is 0 Å². The third-order valence-corrected chi connectivity index (χ3v) is 2.57. The molecule has 1 aromatic carbocycles. The number of carbonyl (C=O) groups excluding carboxylic acids is 2. The van der Waals surface area contributed by atoms with Crippen LogP contribution in [-0.4, -0.2) is 51.8 Å². The highest BCUT2D eigenvalue weighted by atomic mass is 16.5. The SMILES string of the molecule is COCCNCCNC(=O)c1ccccc1OCC(N)=O. The topological polar surface area (TPSA) is 103 Å². The minimum absolute atomic E-state index is 0.261. The molecule has 1 aromatic rings. The molecule has 0 bridgehead atoms. The molecule has 7 heteroatoms. The summed E-state index contributed by atoms with van der Waals surface area (Å²) >= 11 is 0. The summed E-state index contributed by atoms with van der Waals surface area (Å²) in [6.07, 6.45) is 0. The fourth-order valence-electron chi connectivity index (χ4n) is 1.59. The van der Waals surface area contributed by atoms with Crippen molar-refractivity contribution in [3.63, 3.8) is 0 Å². The second kappa shape index (κ2) is 9.73. The highest BCUT2D eigenvalue weighted by Crippen LogP contribution is 2.17. The maximum Gasteiger partial charge on any atom is 0.255 e. The molecule has 21 heavy (non-hydrogen) atoms. The van der Waals surface area contributed by atoms with Gasteiger partial charge in [0.15, 0.2) is 6.61 Å². The Morgan fingerprint density at radius 3 is 2.67 bits per heavy atom. The van der Waals surface area contributed by atoms with E-state index in [1.807, 2.05) is 0 Å². The van der Waals surface area contributed by atoms with Gasteiger partial charge in [0.25, 0.3) is 11.8 Å². The van der Waals surface area contributed by atoms with E-state index < -0.39 is 5.91 Å². The third kappa shape index (κ3) is 6.73. The molecule has 0 aliphatic carbocycles. The molecule has 0 saturated heterocycles. The van der Waals surface area contributed by atoms with Gasteiger partial charge in [0, 0.05) is 26.7 Å². The summed E-state index contributed by atoms with van der Waals surface area (Å²) in [6, 6.07) is 6.70.